The summed E-state index contributed by atoms with van der Waals surface area (Å²) in [5.41, 5.74) is 19.7. The molecule has 2 aromatic carbocycles. The zero-order chi connectivity index (χ0) is 55.3. The minimum absolute atomic E-state index is 0.0236. The molecule has 14 N–H and O–H groups in total. The highest BCUT2D eigenvalue weighted by molar-refractivity contribution is 5.99. The number of H-pyrrole nitrogens is 2. The SMILES string of the molecule is CCCC[C@H](NC(C)=O)C(=O)N[C@H]1CC(=O)NCCCC[C@@H](C(N)=O)N(C)C(=O)[C@H](Cc2c[nH]c3ccccc23)NC(=O)[C@H](CCCN=C(N)N)N(C)C(=O)[C@@H](Cc2ccccc2)NC(=O)[C@H](Cc2cnc[nH]2)NC1=O. The average Bonchev–Trinajstić information content (AvgIpc) is 4.07. The predicted octanol–water partition coefficient (Wildman–Crippen LogP) is -0.564. The van der Waals surface area contributed by atoms with Gasteiger partial charge in [0.05, 0.1) is 12.7 Å². The molecule has 9 amide bonds. The van der Waals surface area contributed by atoms with Crippen LogP contribution < -0.4 is 49.1 Å². The highest BCUT2D eigenvalue weighted by Gasteiger charge is 2.38. The van der Waals surface area contributed by atoms with Crippen LogP contribution >= 0.6 is 0 Å². The monoisotopic (exact) mass is 1050 g/mol. The fraction of sp³-hybridized carbons (Fsp3) is 0.481. The Morgan fingerprint density at radius 2 is 1.49 bits per heavy atom. The maximum absolute atomic E-state index is 15.1. The van der Waals surface area contributed by atoms with Gasteiger partial charge in [-0.15, -0.1) is 0 Å². The summed E-state index contributed by atoms with van der Waals surface area (Å²) in [6.45, 7) is 3.28. The first-order valence-electron chi connectivity index (χ1n) is 25.6. The number of amides is 9. The van der Waals surface area contributed by atoms with E-state index in [1.54, 1.807) is 36.5 Å². The number of nitrogens with one attached hydrogen (secondary N) is 8. The number of hydrogen-bond donors (Lipinski definition) is 11. The lowest BCUT2D eigenvalue weighted by Crippen LogP contribution is -2.61. The number of para-hydroxylation sites is 1. The summed E-state index contributed by atoms with van der Waals surface area (Å²) in [4.78, 5) is 143. The molecule has 4 aromatic rings. The van der Waals surface area contributed by atoms with E-state index < -0.39 is 102 Å². The zero-order valence-corrected chi connectivity index (χ0v) is 43.6. The van der Waals surface area contributed by atoms with Gasteiger partial charge in [0.2, 0.25) is 53.2 Å². The van der Waals surface area contributed by atoms with Crippen LogP contribution in [0.25, 0.3) is 10.9 Å². The van der Waals surface area contributed by atoms with Gasteiger partial charge in [0.1, 0.15) is 42.3 Å². The Bertz CT molecular complexity index is 2660. The fourth-order valence-corrected chi connectivity index (χ4v) is 9.08. The molecular weight excluding hydrogens is 979 g/mol. The number of hydrogen-bond acceptors (Lipinski definition) is 11. The number of rotatable bonds is 17. The summed E-state index contributed by atoms with van der Waals surface area (Å²) in [7, 11) is 2.80. The number of nitrogens with zero attached hydrogens (tertiary/aromatic N) is 4. The number of carbonyl (C=O) groups excluding carboxylic acids is 9. The van der Waals surface area contributed by atoms with Crippen molar-refractivity contribution in [2.75, 3.05) is 27.2 Å². The van der Waals surface area contributed by atoms with Gasteiger partial charge in [-0.05, 0) is 55.7 Å². The quantitative estimate of drug-likeness (QED) is 0.0360. The smallest absolute Gasteiger partial charge is 0.245 e. The molecular formula is C52H73N15O9. The van der Waals surface area contributed by atoms with Crippen LogP contribution in [0.2, 0.25) is 0 Å². The van der Waals surface area contributed by atoms with Crippen LogP contribution in [-0.4, -0.2) is 153 Å². The molecule has 0 aliphatic carbocycles. The van der Waals surface area contributed by atoms with Gasteiger partial charge >= 0.3 is 0 Å². The molecule has 0 spiro atoms. The normalized spacial score (nSPS) is 21.4. The number of aromatic nitrogens is 3. The topological polar surface area (TPSA) is 367 Å². The molecule has 1 fully saturated rings. The number of unbranched alkanes of at least 4 members (excludes halogenated alkanes) is 1. The first-order chi connectivity index (χ1) is 36.4. The third-order valence-electron chi connectivity index (χ3n) is 13.2. The molecule has 410 valence electrons. The maximum Gasteiger partial charge on any atom is 0.245 e. The van der Waals surface area contributed by atoms with Crippen LogP contribution in [0.3, 0.4) is 0 Å². The van der Waals surface area contributed by atoms with Gasteiger partial charge in [-0.2, -0.15) is 0 Å². The van der Waals surface area contributed by atoms with Crippen molar-refractivity contribution in [3.05, 3.63) is 90.1 Å². The van der Waals surface area contributed by atoms with Gasteiger partial charge in [-0.1, -0.05) is 68.3 Å². The van der Waals surface area contributed by atoms with Crippen molar-refractivity contribution >= 4 is 70.0 Å². The third-order valence-corrected chi connectivity index (χ3v) is 13.2. The standard InChI is InChI=1S/C52H73N15O9/c1-5-6-18-37(61-31(2)68)46(71)63-39-27-44(69)57-22-13-12-20-42(45(53)70)66(3)51(76)41(25-33-28-59-36-19-11-10-17-35(33)36)65-49(74)43(21-14-23-58-52(54)55)67(4)50(75)40(24-32-15-8-7-9-16-32)64-47(72)38(62-48(39)73)26-34-29-56-30-60-34/h7-11,15-17,19,28-30,37-43,59H,5-6,12-14,18,20-27H2,1-4H3,(H2,53,70)(H,56,60)(H,57,69)(H,61,68)(H,62,73)(H,63,71)(H,64,72)(H,65,74)(H4,54,55,58)/t37-,38-,39-,40+,41-,42-,43-/m0/s1. The van der Waals surface area contributed by atoms with Crippen LogP contribution in [0.5, 0.6) is 0 Å². The number of carbonyl (C=O) groups is 9. The number of benzene rings is 2. The fourth-order valence-electron chi connectivity index (χ4n) is 9.08. The summed E-state index contributed by atoms with van der Waals surface area (Å²) in [6, 6.07) is 6.93. The Morgan fingerprint density at radius 3 is 2.17 bits per heavy atom. The molecule has 7 atom stereocenters. The Morgan fingerprint density at radius 1 is 0.803 bits per heavy atom. The number of guanidine groups is 1. The van der Waals surface area contributed by atoms with Crippen molar-refractivity contribution in [1.82, 2.24) is 56.7 Å². The van der Waals surface area contributed by atoms with Crippen LogP contribution in [0.4, 0.5) is 0 Å². The van der Waals surface area contributed by atoms with Gasteiger partial charge in [0.15, 0.2) is 5.96 Å². The average molecular weight is 1050 g/mol. The second-order valence-corrected chi connectivity index (χ2v) is 19.0. The number of fused-ring (bicyclic) bond motifs is 1. The molecule has 0 radical (unpaired) electrons. The largest absolute Gasteiger partial charge is 0.370 e. The molecule has 2 aromatic heterocycles. The number of imidazole rings is 1. The summed E-state index contributed by atoms with van der Waals surface area (Å²) in [5.74, 6) is -6.79. The number of aliphatic imine (C=N–C) groups is 1. The molecule has 0 unspecified atom stereocenters. The van der Waals surface area contributed by atoms with E-state index in [1.807, 2.05) is 31.2 Å². The highest BCUT2D eigenvalue weighted by Crippen LogP contribution is 2.22. The first kappa shape index (κ1) is 58.6. The molecule has 0 bridgehead atoms. The Balaban J connectivity index is 1.60. The van der Waals surface area contributed by atoms with Gasteiger partial charge in [0, 0.05) is 82.4 Å². The number of aromatic amines is 2. The summed E-state index contributed by atoms with van der Waals surface area (Å²) in [5, 5.41) is 17.1. The van der Waals surface area contributed by atoms with E-state index >= 15 is 4.79 Å². The summed E-state index contributed by atoms with van der Waals surface area (Å²) >= 11 is 0. The molecule has 76 heavy (non-hydrogen) atoms. The Hall–Kier alpha value is -8.31. The molecule has 3 heterocycles. The number of likely N-dealkylation sites (N-methyl/N-ethyl adjacent to an activating group) is 2. The van der Waals surface area contributed by atoms with Gasteiger partial charge in [-0.25, -0.2) is 4.98 Å². The maximum atomic E-state index is 15.1. The molecule has 24 heteroatoms. The van der Waals surface area contributed by atoms with Crippen molar-refractivity contribution < 1.29 is 43.2 Å². The predicted molar refractivity (Wildman–Crippen MR) is 283 cm³/mol. The third kappa shape index (κ3) is 17.4. The second-order valence-electron chi connectivity index (χ2n) is 19.0. The lowest BCUT2D eigenvalue weighted by molar-refractivity contribution is -0.145. The van der Waals surface area contributed by atoms with Crippen molar-refractivity contribution in [3.8, 4) is 0 Å². The molecule has 0 saturated carbocycles. The van der Waals surface area contributed by atoms with Crippen molar-refractivity contribution in [3.63, 3.8) is 0 Å². The van der Waals surface area contributed by atoms with Crippen LogP contribution in [-0.2, 0) is 62.4 Å². The van der Waals surface area contributed by atoms with E-state index in [4.69, 9.17) is 17.2 Å². The lowest BCUT2D eigenvalue weighted by atomic mass is 10.00. The van der Waals surface area contributed by atoms with Crippen molar-refractivity contribution in [1.29, 1.82) is 0 Å². The van der Waals surface area contributed by atoms with E-state index in [0.29, 0.717) is 29.7 Å². The van der Waals surface area contributed by atoms with E-state index in [9.17, 15) is 38.4 Å². The van der Waals surface area contributed by atoms with Gasteiger partial charge in [-0.3, -0.25) is 48.1 Å². The van der Waals surface area contributed by atoms with Crippen molar-refractivity contribution in [2.24, 2.45) is 22.2 Å². The van der Waals surface area contributed by atoms with Gasteiger partial charge < -0.3 is 68.9 Å². The van der Waals surface area contributed by atoms with E-state index in [0.717, 1.165) is 10.9 Å². The van der Waals surface area contributed by atoms with Crippen LogP contribution in [0.15, 0.2) is 78.3 Å². The van der Waals surface area contributed by atoms with Crippen LogP contribution in [0.1, 0.15) is 88.5 Å². The zero-order valence-electron chi connectivity index (χ0n) is 43.6. The number of nitrogens with two attached hydrogens (primary N) is 3. The second kappa shape index (κ2) is 29.0. The first-order valence-corrected chi connectivity index (χ1v) is 25.6. The van der Waals surface area contributed by atoms with E-state index in [2.05, 4.69) is 51.8 Å². The Labute approximate surface area is 441 Å². The van der Waals surface area contributed by atoms with E-state index in [-0.39, 0.29) is 76.8 Å². The summed E-state index contributed by atoms with van der Waals surface area (Å²) < 4.78 is 0. The molecule has 1 aliphatic heterocycles. The summed E-state index contributed by atoms with van der Waals surface area (Å²) in [6.07, 6.45) is 5.88. The van der Waals surface area contributed by atoms with Crippen molar-refractivity contribution in [2.45, 2.75) is 133 Å². The number of primary amides is 1. The van der Waals surface area contributed by atoms with Crippen LogP contribution in [0, 0.1) is 0 Å². The highest BCUT2D eigenvalue weighted by atomic mass is 16.2. The van der Waals surface area contributed by atoms with E-state index in [1.165, 1.54) is 43.3 Å². The Kier molecular flexibility index (Phi) is 22.3. The molecule has 5 rings (SSSR count). The molecule has 1 saturated heterocycles. The minimum atomic E-state index is -1.58. The molecule has 1 aliphatic rings. The van der Waals surface area contributed by atoms with Gasteiger partial charge in [0.25, 0.3) is 0 Å². The minimum Gasteiger partial charge on any atom is -0.370 e. The lowest BCUT2D eigenvalue weighted by Gasteiger charge is -2.34. The molecule has 24 nitrogen and oxygen atoms in total.